The molecule has 0 aliphatic heterocycles. The van der Waals surface area contributed by atoms with Gasteiger partial charge in [-0.15, -0.1) is 20.5 Å². The second kappa shape index (κ2) is 16.6. The first kappa shape index (κ1) is 31.9. The molecule has 2 aromatic carbocycles. The molecule has 0 aliphatic carbocycles. The lowest BCUT2D eigenvalue weighted by atomic mass is 10.2. The number of aromatic nitrogens is 1. The normalized spacial score (nSPS) is 11.5. The summed E-state index contributed by atoms with van der Waals surface area (Å²) in [6, 6.07) is 16.7. The molecule has 0 fully saturated rings. The molecule has 4 rings (SSSR count). The quantitative estimate of drug-likeness (QED) is 0.0699. The zero-order chi connectivity index (χ0) is 30.4. The SMILES string of the molecule is CCCCC(=O)OCCCCOC(=O)c1ccc(N=Nc2cc3sc(N=Nc4ccc(N(CC)CC)cc4)nc3s2)cc1. The van der Waals surface area contributed by atoms with Crippen molar-refractivity contribution >= 4 is 71.3 Å². The minimum Gasteiger partial charge on any atom is -0.466 e. The van der Waals surface area contributed by atoms with Gasteiger partial charge < -0.3 is 14.4 Å². The predicted octanol–water partition coefficient (Wildman–Crippen LogP) is 9.71. The molecule has 0 bridgehead atoms. The number of nitrogens with zero attached hydrogens (tertiary/aromatic N) is 6. The van der Waals surface area contributed by atoms with Gasteiger partial charge in [0.05, 0.1) is 34.9 Å². The van der Waals surface area contributed by atoms with Crippen molar-refractivity contribution in [3.05, 3.63) is 60.2 Å². The van der Waals surface area contributed by atoms with Crippen LogP contribution in [0, 0.1) is 0 Å². The van der Waals surface area contributed by atoms with E-state index in [9.17, 15) is 9.59 Å². The average Bonchev–Trinajstić information content (AvgIpc) is 3.59. The number of benzene rings is 2. The second-order valence-electron chi connectivity index (χ2n) is 9.55. The first-order valence-electron chi connectivity index (χ1n) is 14.5. The second-order valence-corrected chi connectivity index (χ2v) is 11.6. The molecule has 12 heteroatoms. The molecule has 0 saturated carbocycles. The standard InChI is InChI=1S/C31H36N6O4S2/c1-4-7-10-28(38)40-19-8-9-20-41-30(39)22-11-13-23(14-12-22)33-35-27-21-26-29(43-27)32-31(42-26)36-34-24-15-17-25(18-16-24)37(5-2)6-3/h11-18,21H,4-10,19-20H2,1-3H3. The van der Waals surface area contributed by atoms with E-state index in [0.29, 0.717) is 42.3 Å². The number of unbranched alkanes of at least 4 members (excludes halogenated alkanes) is 2. The van der Waals surface area contributed by atoms with E-state index in [1.807, 2.05) is 25.1 Å². The number of fused-ring (bicyclic) bond motifs is 1. The molecule has 0 amide bonds. The van der Waals surface area contributed by atoms with Crippen LogP contribution in [0.5, 0.6) is 0 Å². The van der Waals surface area contributed by atoms with Crippen LogP contribution in [0.4, 0.5) is 27.2 Å². The molecule has 10 nitrogen and oxygen atoms in total. The number of anilines is 1. The van der Waals surface area contributed by atoms with Gasteiger partial charge in [-0.05, 0) is 87.7 Å². The molecule has 0 atom stereocenters. The van der Waals surface area contributed by atoms with Crippen LogP contribution in [-0.2, 0) is 14.3 Å². The fraction of sp³-hybridized carbons (Fsp3) is 0.387. The minimum atomic E-state index is -0.405. The maximum absolute atomic E-state index is 12.3. The summed E-state index contributed by atoms with van der Waals surface area (Å²) in [5.41, 5.74) is 3.00. The van der Waals surface area contributed by atoms with Gasteiger partial charge in [-0.1, -0.05) is 36.0 Å². The molecule has 2 heterocycles. The average molecular weight is 621 g/mol. The summed E-state index contributed by atoms with van der Waals surface area (Å²) >= 11 is 2.88. The van der Waals surface area contributed by atoms with Gasteiger partial charge >= 0.3 is 11.9 Å². The minimum absolute atomic E-state index is 0.174. The van der Waals surface area contributed by atoms with E-state index < -0.39 is 5.97 Å². The summed E-state index contributed by atoms with van der Waals surface area (Å²) < 4.78 is 11.4. The van der Waals surface area contributed by atoms with Crippen LogP contribution in [0.25, 0.3) is 9.53 Å². The van der Waals surface area contributed by atoms with Crippen LogP contribution in [0.2, 0.25) is 0 Å². The summed E-state index contributed by atoms with van der Waals surface area (Å²) in [5, 5.41) is 18.6. The molecule has 226 valence electrons. The Bertz CT molecular complexity index is 1490. The molecule has 0 unspecified atom stereocenters. The molecular weight excluding hydrogens is 585 g/mol. The van der Waals surface area contributed by atoms with Crippen molar-refractivity contribution in [1.29, 1.82) is 0 Å². The van der Waals surface area contributed by atoms with Gasteiger partial charge in [-0.3, -0.25) is 4.79 Å². The Balaban J connectivity index is 1.22. The predicted molar refractivity (Wildman–Crippen MR) is 172 cm³/mol. The Morgan fingerprint density at radius 2 is 1.44 bits per heavy atom. The third kappa shape index (κ3) is 9.75. The lowest BCUT2D eigenvalue weighted by Gasteiger charge is -2.20. The van der Waals surface area contributed by atoms with Crippen LogP contribution in [-0.4, -0.2) is 43.2 Å². The highest BCUT2D eigenvalue weighted by molar-refractivity contribution is 7.30. The largest absolute Gasteiger partial charge is 0.466 e. The van der Waals surface area contributed by atoms with Crippen LogP contribution in [0.3, 0.4) is 0 Å². The van der Waals surface area contributed by atoms with Crippen molar-refractivity contribution in [2.45, 2.75) is 52.9 Å². The fourth-order valence-corrected chi connectivity index (χ4v) is 5.88. The van der Waals surface area contributed by atoms with Gasteiger partial charge in [0.25, 0.3) is 0 Å². The van der Waals surface area contributed by atoms with Gasteiger partial charge in [0.2, 0.25) is 5.13 Å². The Morgan fingerprint density at radius 1 is 0.791 bits per heavy atom. The number of carbonyl (C=O) groups excluding carboxylic acids is 2. The van der Waals surface area contributed by atoms with E-state index >= 15 is 0 Å². The van der Waals surface area contributed by atoms with E-state index in [1.165, 1.54) is 28.4 Å². The summed E-state index contributed by atoms with van der Waals surface area (Å²) in [5.74, 6) is -0.579. The number of hydrogen-bond donors (Lipinski definition) is 0. The zero-order valence-electron chi connectivity index (χ0n) is 24.7. The number of rotatable bonds is 16. The molecule has 0 aliphatic rings. The summed E-state index contributed by atoms with van der Waals surface area (Å²) in [6.07, 6.45) is 3.53. The van der Waals surface area contributed by atoms with Gasteiger partial charge in [0, 0.05) is 25.2 Å². The third-order valence-electron chi connectivity index (χ3n) is 6.43. The van der Waals surface area contributed by atoms with Crippen LogP contribution in [0.15, 0.2) is 75.1 Å². The topological polar surface area (TPSA) is 118 Å². The highest BCUT2D eigenvalue weighted by atomic mass is 32.1. The molecular formula is C31H36N6O4S2. The summed E-state index contributed by atoms with van der Waals surface area (Å²) in [6.45, 7) is 8.84. The Labute approximate surface area is 259 Å². The maximum atomic E-state index is 12.3. The summed E-state index contributed by atoms with van der Waals surface area (Å²) in [7, 11) is 0. The molecule has 0 radical (unpaired) electrons. The van der Waals surface area contributed by atoms with Gasteiger partial charge in [0.15, 0.2) is 0 Å². The Kier molecular flexibility index (Phi) is 12.3. The number of ether oxygens (including phenoxy) is 2. The number of azo groups is 2. The lowest BCUT2D eigenvalue weighted by Crippen LogP contribution is -2.21. The molecule has 2 aromatic heterocycles. The first-order valence-corrected chi connectivity index (χ1v) is 16.1. The van der Waals surface area contributed by atoms with E-state index in [2.05, 4.69) is 56.3 Å². The van der Waals surface area contributed by atoms with Crippen LogP contribution < -0.4 is 4.90 Å². The molecule has 43 heavy (non-hydrogen) atoms. The smallest absolute Gasteiger partial charge is 0.338 e. The van der Waals surface area contributed by atoms with Crippen molar-refractivity contribution < 1.29 is 19.1 Å². The number of thiazole rings is 1. The number of hydrogen-bond acceptors (Lipinski definition) is 12. The number of esters is 2. The maximum Gasteiger partial charge on any atom is 0.338 e. The van der Waals surface area contributed by atoms with Crippen molar-refractivity contribution in [1.82, 2.24) is 4.98 Å². The lowest BCUT2D eigenvalue weighted by molar-refractivity contribution is -0.143. The van der Waals surface area contributed by atoms with Crippen molar-refractivity contribution in [2.24, 2.45) is 20.5 Å². The van der Waals surface area contributed by atoms with Crippen molar-refractivity contribution in [3.63, 3.8) is 0 Å². The Hall–Kier alpha value is -4.03. The van der Waals surface area contributed by atoms with E-state index in [4.69, 9.17) is 9.47 Å². The van der Waals surface area contributed by atoms with E-state index in [0.717, 1.165) is 46.1 Å². The van der Waals surface area contributed by atoms with E-state index in [1.54, 1.807) is 24.3 Å². The Morgan fingerprint density at radius 3 is 2.09 bits per heavy atom. The molecule has 0 saturated heterocycles. The highest BCUT2D eigenvalue weighted by Gasteiger charge is 2.10. The fourth-order valence-electron chi connectivity index (χ4n) is 4.03. The first-order chi connectivity index (χ1) is 21.0. The molecule has 0 spiro atoms. The van der Waals surface area contributed by atoms with Crippen LogP contribution >= 0.6 is 22.7 Å². The van der Waals surface area contributed by atoms with Gasteiger partial charge in [0.1, 0.15) is 9.83 Å². The number of carbonyl (C=O) groups is 2. The van der Waals surface area contributed by atoms with Gasteiger partial charge in [-0.2, -0.15) is 0 Å². The van der Waals surface area contributed by atoms with Gasteiger partial charge in [-0.25, -0.2) is 9.78 Å². The van der Waals surface area contributed by atoms with Crippen LogP contribution in [0.1, 0.15) is 63.2 Å². The molecule has 4 aromatic rings. The van der Waals surface area contributed by atoms with Crippen molar-refractivity contribution in [2.75, 3.05) is 31.2 Å². The van der Waals surface area contributed by atoms with E-state index in [-0.39, 0.29) is 12.6 Å². The highest BCUT2D eigenvalue weighted by Crippen LogP contribution is 2.39. The van der Waals surface area contributed by atoms with Crippen molar-refractivity contribution in [3.8, 4) is 0 Å². The third-order valence-corrected chi connectivity index (χ3v) is 8.36. The molecule has 0 N–H and O–H groups in total. The number of thiophene rings is 1. The zero-order valence-corrected chi connectivity index (χ0v) is 26.3. The monoisotopic (exact) mass is 620 g/mol. The summed E-state index contributed by atoms with van der Waals surface area (Å²) in [4.78, 5) is 31.5.